The van der Waals surface area contributed by atoms with Gasteiger partial charge in [0.15, 0.2) is 0 Å². The van der Waals surface area contributed by atoms with Crippen LogP contribution in [0.4, 0.5) is 0 Å². The minimum absolute atomic E-state index is 0.873. The topological polar surface area (TPSA) is 4.93 Å². The first-order chi connectivity index (χ1) is 13.9. The van der Waals surface area contributed by atoms with Gasteiger partial charge in [-0.15, -0.1) is 0 Å². The molecule has 6 aromatic rings. The number of fused-ring (bicyclic) bond motifs is 6. The zero-order chi connectivity index (χ0) is 18.5. The van der Waals surface area contributed by atoms with Crippen molar-refractivity contribution >= 4 is 43.4 Å². The summed E-state index contributed by atoms with van der Waals surface area (Å²) in [6.07, 6.45) is 0. The summed E-state index contributed by atoms with van der Waals surface area (Å²) < 4.78 is 2.47. The molecule has 0 aliphatic rings. The molecule has 0 bridgehead atoms. The fourth-order valence-corrected chi connectivity index (χ4v) is 4.49. The molecule has 0 spiro atoms. The first kappa shape index (κ1) is 15.5. The molecule has 5 aromatic carbocycles. The Labute approximate surface area is 163 Å². The summed E-state index contributed by atoms with van der Waals surface area (Å²) in [5.41, 5.74) is 3.92. The Morgan fingerprint density at radius 2 is 1.18 bits per heavy atom. The molecule has 0 radical (unpaired) electrons. The van der Waals surface area contributed by atoms with Crippen LogP contribution in [0, 0.1) is 0 Å². The van der Waals surface area contributed by atoms with E-state index in [1.165, 1.54) is 48.9 Å². The van der Waals surface area contributed by atoms with Crippen molar-refractivity contribution in [1.29, 1.82) is 0 Å². The van der Waals surface area contributed by atoms with Gasteiger partial charge in [-0.3, -0.25) is 0 Å². The summed E-state index contributed by atoms with van der Waals surface area (Å²) in [6, 6.07) is 37.3. The molecule has 6 rings (SSSR count). The van der Waals surface area contributed by atoms with Gasteiger partial charge in [0.05, 0.1) is 11.0 Å². The zero-order valence-corrected chi connectivity index (χ0v) is 15.5. The second-order valence-corrected chi connectivity index (χ2v) is 7.47. The Kier molecular flexibility index (Phi) is 3.30. The van der Waals surface area contributed by atoms with Crippen LogP contribution in [-0.2, 0) is 6.54 Å². The number of nitrogens with zero attached hydrogens (tertiary/aromatic N) is 1. The van der Waals surface area contributed by atoms with Gasteiger partial charge in [-0.05, 0) is 45.3 Å². The highest BCUT2D eigenvalue weighted by Gasteiger charge is 2.14. The van der Waals surface area contributed by atoms with Gasteiger partial charge in [-0.1, -0.05) is 84.9 Å². The molecule has 0 aliphatic carbocycles. The van der Waals surface area contributed by atoms with Gasteiger partial charge in [-0.25, -0.2) is 0 Å². The van der Waals surface area contributed by atoms with Gasteiger partial charge < -0.3 is 4.57 Å². The summed E-state index contributed by atoms with van der Waals surface area (Å²) >= 11 is 0. The molecule has 1 aromatic heterocycles. The largest absolute Gasteiger partial charge is 0.336 e. The van der Waals surface area contributed by atoms with Crippen molar-refractivity contribution in [3.05, 3.63) is 109 Å². The van der Waals surface area contributed by atoms with Crippen LogP contribution in [0.5, 0.6) is 0 Å². The Morgan fingerprint density at radius 1 is 0.500 bits per heavy atom. The minimum Gasteiger partial charge on any atom is -0.336 e. The number of benzene rings is 5. The smallest absolute Gasteiger partial charge is 0.0501 e. The van der Waals surface area contributed by atoms with Crippen molar-refractivity contribution in [3.63, 3.8) is 0 Å². The lowest BCUT2D eigenvalue weighted by molar-refractivity contribution is 0.870. The third kappa shape index (κ3) is 2.26. The third-order valence-electron chi connectivity index (χ3n) is 5.81. The molecule has 1 nitrogen and oxygen atoms in total. The number of aromatic nitrogens is 1. The SMILES string of the molecule is c1ccc(Cn2c3cc4ccccc4cc3c3c4ccccc4ccc32)cc1. The summed E-state index contributed by atoms with van der Waals surface area (Å²) in [6.45, 7) is 0.873. The van der Waals surface area contributed by atoms with Crippen LogP contribution in [-0.4, -0.2) is 4.57 Å². The van der Waals surface area contributed by atoms with E-state index in [0.717, 1.165) is 6.54 Å². The van der Waals surface area contributed by atoms with Crippen molar-refractivity contribution in [2.24, 2.45) is 0 Å². The van der Waals surface area contributed by atoms with Crippen molar-refractivity contribution in [2.75, 3.05) is 0 Å². The predicted molar refractivity (Wildman–Crippen MR) is 120 cm³/mol. The Morgan fingerprint density at radius 3 is 2.00 bits per heavy atom. The zero-order valence-electron chi connectivity index (χ0n) is 15.5. The van der Waals surface area contributed by atoms with E-state index in [-0.39, 0.29) is 0 Å². The molecule has 0 amide bonds. The maximum absolute atomic E-state index is 2.47. The number of hydrogen-bond acceptors (Lipinski definition) is 0. The van der Waals surface area contributed by atoms with Crippen LogP contribution in [0.3, 0.4) is 0 Å². The molecule has 1 heteroatoms. The van der Waals surface area contributed by atoms with Crippen molar-refractivity contribution in [2.45, 2.75) is 6.54 Å². The maximum Gasteiger partial charge on any atom is 0.0501 e. The van der Waals surface area contributed by atoms with Gasteiger partial charge in [-0.2, -0.15) is 0 Å². The molecule has 132 valence electrons. The summed E-state index contributed by atoms with van der Waals surface area (Å²) in [5, 5.41) is 7.89. The normalized spacial score (nSPS) is 11.7. The molecule has 0 aliphatic heterocycles. The van der Waals surface area contributed by atoms with Crippen LogP contribution in [0.2, 0.25) is 0 Å². The van der Waals surface area contributed by atoms with Gasteiger partial charge in [0.1, 0.15) is 0 Å². The lowest BCUT2D eigenvalue weighted by atomic mass is 10.0. The van der Waals surface area contributed by atoms with Gasteiger partial charge in [0.25, 0.3) is 0 Å². The third-order valence-corrected chi connectivity index (χ3v) is 5.81. The molecule has 28 heavy (non-hydrogen) atoms. The molecule has 0 atom stereocenters. The molecule has 0 N–H and O–H groups in total. The minimum atomic E-state index is 0.873. The lowest BCUT2D eigenvalue weighted by Crippen LogP contribution is -1.99. The van der Waals surface area contributed by atoms with E-state index in [1.807, 2.05) is 0 Å². The van der Waals surface area contributed by atoms with Crippen molar-refractivity contribution in [3.8, 4) is 0 Å². The van der Waals surface area contributed by atoms with E-state index < -0.39 is 0 Å². The standard InChI is InChI=1S/C27H19N/c1-2-8-19(9-3-1)18-28-25-15-14-20-10-6-7-13-23(20)27(25)24-16-21-11-4-5-12-22(21)17-26(24)28/h1-17H,18H2. The average molecular weight is 357 g/mol. The molecule has 0 fully saturated rings. The van der Waals surface area contributed by atoms with Crippen LogP contribution in [0.1, 0.15) is 5.56 Å². The summed E-state index contributed by atoms with van der Waals surface area (Å²) in [4.78, 5) is 0. The highest BCUT2D eigenvalue weighted by molar-refractivity contribution is 6.22. The molecule has 0 saturated carbocycles. The molecular weight excluding hydrogens is 338 g/mol. The van der Waals surface area contributed by atoms with E-state index in [1.54, 1.807) is 0 Å². The Bertz CT molecular complexity index is 1470. The van der Waals surface area contributed by atoms with Gasteiger partial charge in [0.2, 0.25) is 0 Å². The first-order valence-corrected chi connectivity index (χ1v) is 9.75. The monoisotopic (exact) mass is 357 g/mol. The van der Waals surface area contributed by atoms with Crippen LogP contribution in [0.15, 0.2) is 103 Å². The number of hydrogen-bond donors (Lipinski definition) is 0. The van der Waals surface area contributed by atoms with E-state index in [2.05, 4.69) is 108 Å². The van der Waals surface area contributed by atoms with Crippen LogP contribution in [0.25, 0.3) is 43.4 Å². The second kappa shape index (κ2) is 5.97. The average Bonchev–Trinajstić information content (AvgIpc) is 3.06. The summed E-state index contributed by atoms with van der Waals surface area (Å²) in [5.74, 6) is 0. The van der Waals surface area contributed by atoms with Crippen LogP contribution >= 0.6 is 0 Å². The van der Waals surface area contributed by atoms with Gasteiger partial charge in [0, 0.05) is 17.3 Å². The van der Waals surface area contributed by atoms with E-state index in [0.29, 0.717) is 0 Å². The van der Waals surface area contributed by atoms with Gasteiger partial charge >= 0.3 is 0 Å². The Hall–Kier alpha value is -3.58. The molecule has 1 heterocycles. The van der Waals surface area contributed by atoms with Crippen molar-refractivity contribution in [1.82, 2.24) is 4.57 Å². The molecule has 0 unspecified atom stereocenters. The van der Waals surface area contributed by atoms with Crippen molar-refractivity contribution < 1.29 is 0 Å². The predicted octanol–water partition coefficient (Wildman–Crippen LogP) is 7.15. The fourth-order valence-electron chi connectivity index (χ4n) is 4.49. The Balaban J connectivity index is 1.79. The fraction of sp³-hybridized carbons (Fsp3) is 0.0370. The second-order valence-electron chi connectivity index (χ2n) is 7.47. The highest BCUT2D eigenvalue weighted by atomic mass is 15.0. The van der Waals surface area contributed by atoms with E-state index in [4.69, 9.17) is 0 Å². The molecule has 0 saturated heterocycles. The highest BCUT2D eigenvalue weighted by Crippen LogP contribution is 2.37. The maximum atomic E-state index is 2.47. The molecular formula is C27H19N. The summed E-state index contributed by atoms with van der Waals surface area (Å²) in [7, 11) is 0. The quantitative estimate of drug-likeness (QED) is 0.310. The number of rotatable bonds is 2. The van der Waals surface area contributed by atoms with E-state index in [9.17, 15) is 0 Å². The van der Waals surface area contributed by atoms with E-state index >= 15 is 0 Å². The van der Waals surface area contributed by atoms with Crippen LogP contribution < -0.4 is 0 Å². The lowest BCUT2D eigenvalue weighted by Gasteiger charge is -2.09. The first-order valence-electron chi connectivity index (χ1n) is 9.75.